The highest BCUT2D eigenvalue weighted by atomic mass is 32.1. The van der Waals surface area contributed by atoms with Crippen molar-refractivity contribution in [3.05, 3.63) is 47.3 Å². The second kappa shape index (κ2) is 7.82. The van der Waals surface area contributed by atoms with Crippen molar-refractivity contribution in [3.8, 4) is 10.4 Å². The molecule has 1 heterocycles. The van der Waals surface area contributed by atoms with Crippen LogP contribution in [0.25, 0.3) is 10.4 Å². The third kappa shape index (κ3) is 4.47. The van der Waals surface area contributed by atoms with E-state index in [0.29, 0.717) is 19.5 Å². The van der Waals surface area contributed by atoms with Gasteiger partial charge in [0.1, 0.15) is 0 Å². The molecule has 0 radical (unpaired) electrons. The molecule has 2 aromatic rings. The molecule has 0 bridgehead atoms. The van der Waals surface area contributed by atoms with Crippen molar-refractivity contribution in [2.45, 2.75) is 19.9 Å². The molecular formula is C16H20N2OS. The molecule has 2 N–H and O–H groups in total. The van der Waals surface area contributed by atoms with Gasteiger partial charge in [0.25, 0.3) is 0 Å². The Morgan fingerprint density at radius 3 is 2.70 bits per heavy atom. The molecule has 0 fully saturated rings. The van der Waals surface area contributed by atoms with Gasteiger partial charge < -0.3 is 10.6 Å². The SMILES string of the molecule is CCNC(=O)CCNCc1ccc(-c2ccccc2)s1. The fourth-order valence-electron chi connectivity index (χ4n) is 1.93. The lowest BCUT2D eigenvalue weighted by atomic mass is 10.2. The predicted molar refractivity (Wildman–Crippen MR) is 84.8 cm³/mol. The van der Waals surface area contributed by atoms with Gasteiger partial charge in [-0.3, -0.25) is 4.79 Å². The van der Waals surface area contributed by atoms with Crippen LogP contribution in [-0.2, 0) is 11.3 Å². The summed E-state index contributed by atoms with van der Waals surface area (Å²) in [6, 6.07) is 14.7. The molecule has 0 saturated carbocycles. The van der Waals surface area contributed by atoms with E-state index in [-0.39, 0.29) is 5.91 Å². The third-order valence-electron chi connectivity index (χ3n) is 2.92. The van der Waals surface area contributed by atoms with Crippen molar-refractivity contribution >= 4 is 17.2 Å². The van der Waals surface area contributed by atoms with Crippen LogP contribution in [0.1, 0.15) is 18.2 Å². The maximum absolute atomic E-state index is 11.3. The van der Waals surface area contributed by atoms with Gasteiger partial charge >= 0.3 is 0 Å². The number of carbonyl (C=O) groups is 1. The van der Waals surface area contributed by atoms with Gasteiger partial charge in [0.05, 0.1) is 0 Å². The zero-order valence-electron chi connectivity index (χ0n) is 11.7. The van der Waals surface area contributed by atoms with Gasteiger partial charge in [0.2, 0.25) is 5.91 Å². The van der Waals surface area contributed by atoms with Gasteiger partial charge in [0.15, 0.2) is 0 Å². The summed E-state index contributed by atoms with van der Waals surface area (Å²) in [6.45, 7) is 4.16. The minimum atomic E-state index is 0.108. The van der Waals surface area contributed by atoms with E-state index in [1.54, 1.807) is 11.3 Å². The van der Waals surface area contributed by atoms with Crippen LogP contribution in [0.4, 0.5) is 0 Å². The van der Waals surface area contributed by atoms with Crippen molar-refractivity contribution in [2.24, 2.45) is 0 Å². The third-order valence-corrected chi connectivity index (χ3v) is 4.06. The molecule has 3 nitrogen and oxygen atoms in total. The van der Waals surface area contributed by atoms with Crippen LogP contribution in [0, 0.1) is 0 Å². The fraction of sp³-hybridized carbons (Fsp3) is 0.312. The van der Waals surface area contributed by atoms with E-state index in [9.17, 15) is 4.79 Å². The Bertz CT molecular complexity index is 536. The van der Waals surface area contributed by atoms with Crippen molar-refractivity contribution in [1.82, 2.24) is 10.6 Å². The number of carbonyl (C=O) groups excluding carboxylic acids is 1. The molecule has 4 heteroatoms. The summed E-state index contributed by atoms with van der Waals surface area (Å²) in [5.74, 6) is 0.108. The summed E-state index contributed by atoms with van der Waals surface area (Å²) in [6.07, 6.45) is 0.532. The molecule has 2 rings (SSSR count). The van der Waals surface area contributed by atoms with E-state index in [1.165, 1.54) is 15.3 Å². The van der Waals surface area contributed by atoms with Crippen LogP contribution in [0.15, 0.2) is 42.5 Å². The van der Waals surface area contributed by atoms with Crippen LogP contribution in [-0.4, -0.2) is 19.0 Å². The first kappa shape index (κ1) is 14.8. The molecule has 0 spiro atoms. The second-order valence-electron chi connectivity index (χ2n) is 4.51. The van der Waals surface area contributed by atoms with Crippen molar-refractivity contribution in [2.75, 3.05) is 13.1 Å². The highest BCUT2D eigenvalue weighted by Crippen LogP contribution is 2.27. The smallest absolute Gasteiger partial charge is 0.221 e. The Hall–Kier alpha value is -1.65. The first-order valence-corrected chi connectivity index (χ1v) is 7.73. The molecule has 0 saturated heterocycles. The number of benzene rings is 1. The van der Waals surface area contributed by atoms with Crippen LogP contribution < -0.4 is 10.6 Å². The van der Waals surface area contributed by atoms with E-state index in [0.717, 1.165) is 6.54 Å². The van der Waals surface area contributed by atoms with E-state index in [1.807, 2.05) is 13.0 Å². The van der Waals surface area contributed by atoms with Gasteiger partial charge in [-0.1, -0.05) is 30.3 Å². The van der Waals surface area contributed by atoms with Gasteiger partial charge in [-0.05, 0) is 24.6 Å². The highest BCUT2D eigenvalue weighted by Gasteiger charge is 2.03. The fourth-order valence-corrected chi connectivity index (χ4v) is 2.91. The number of hydrogen-bond donors (Lipinski definition) is 2. The zero-order valence-corrected chi connectivity index (χ0v) is 12.5. The van der Waals surface area contributed by atoms with Crippen LogP contribution in [0.5, 0.6) is 0 Å². The number of nitrogens with one attached hydrogen (secondary N) is 2. The zero-order chi connectivity index (χ0) is 14.2. The Morgan fingerprint density at radius 1 is 1.15 bits per heavy atom. The van der Waals surface area contributed by atoms with Gasteiger partial charge in [-0.25, -0.2) is 0 Å². The number of thiophene rings is 1. The maximum Gasteiger partial charge on any atom is 0.221 e. The molecule has 1 amide bonds. The number of rotatable bonds is 7. The van der Waals surface area contributed by atoms with Crippen molar-refractivity contribution < 1.29 is 4.79 Å². The normalized spacial score (nSPS) is 10.4. The molecule has 106 valence electrons. The topological polar surface area (TPSA) is 41.1 Å². The quantitative estimate of drug-likeness (QED) is 0.769. The standard InChI is InChI=1S/C16H20N2OS/c1-2-18-16(19)10-11-17-12-14-8-9-15(20-14)13-6-4-3-5-7-13/h3-9,17H,2,10-12H2,1H3,(H,18,19). The predicted octanol–water partition coefficient (Wildman–Crippen LogP) is 3.03. The first-order valence-electron chi connectivity index (χ1n) is 6.91. The highest BCUT2D eigenvalue weighted by molar-refractivity contribution is 7.15. The lowest BCUT2D eigenvalue weighted by Crippen LogP contribution is -2.27. The van der Waals surface area contributed by atoms with Gasteiger partial charge in [0, 0.05) is 35.8 Å². The molecule has 0 unspecified atom stereocenters. The molecule has 0 atom stereocenters. The molecule has 20 heavy (non-hydrogen) atoms. The molecule has 1 aromatic carbocycles. The van der Waals surface area contributed by atoms with Crippen molar-refractivity contribution in [3.63, 3.8) is 0 Å². The minimum Gasteiger partial charge on any atom is -0.356 e. The van der Waals surface area contributed by atoms with Gasteiger partial charge in [-0.2, -0.15) is 0 Å². The Kier molecular flexibility index (Phi) is 5.77. The summed E-state index contributed by atoms with van der Waals surface area (Å²) >= 11 is 1.79. The second-order valence-corrected chi connectivity index (χ2v) is 5.68. The average Bonchev–Trinajstić information content (AvgIpc) is 2.94. The summed E-state index contributed by atoms with van der Waals surface area (Å²) in [4.78, 5) is 13.9. The molecular weight excluding hydrogens is 268 g/mol. The lowest BCUT2D eigenvalue weighted by molar-refractivity contribution is -0.120. The monoisotopic (exact) mass is 288 g/mol. The van der Waals surface area contributed by atoms with Crippen LogP contribution in [0.2, 0.25) is 0 Å². The first-order chi connectivity index (χ1) is 9.79. The maximum atomic E-state index is 11.3. The van der Waals surface area contributed by atoms with E-state index >= 15 is 0 Å². The Labute approximate surface area is 124 Å². The Morgan fingerprint density at radius 2 is 1.95 bits per heavy atom. The molecule has 0 aliphatic carbocycles. The van der Waals surface area contributed by atoms with Gasteiger partial charge in [-0.15, -0.1) is 11.3 Å². The minimum absolute atomic E-state index is 0.108. The molecule has 1 aromatic heterocycles. The summed E-state index contributed by atoms with van der Waals surface area (Å²) in [5.41, 5.74) is 1.26. The van der Waals surface area contributed by atoms with E-state index in [4.69, 9.17) is 0 Å². The lowest BCUT2D eigenvalue weighted by Gasteiger charge is -2.03. The Balaban J connectivity index is 1.78. The molecule has 0 aliphatic rings. The van der Waals surface area contributed by atoms with Crippen molar-refractivity contribution in [1.29, 1.82) is 0 Å². The largest absolute Gasteiger partial charge is 0.356 e. The number of hydrogen-bond acceptors (Lipinski definition) is 3. The van der Waals surface area contributed by atoms with E-state index in [2.05, 4.69) is 47.0 Å². The number of amides is 1. The molecule has 0 aliphatic heterocycles. The summed E-state index contributed by atoms with van der Waals surface area (Å²) in [7, 11) is 0. The van der Waals surface area contributed by atoms with E-state index < -0.39 is 0 Å². The summed E-state index contributed by atoms with van der Waals surface area (Å²) in [5, 5.41) is 6.10. The average molecular weight is 288 g/mol. The van der Waals surface area contributed by atoms with Crippen LogP contribution >= 0.6 is 11.3 Å². The summed E-state index contributed by atoms with van der Waals surface area (Å²) < 4.78 is 0. The van der Waals surface area contributed by atoms with Crippen LogP contribution in [0.3, 0.4) is 0 Å².